The van der Waals surface area contributed by atoms with Crippen LogP contribution in [0.4, 0.5) is 0 Å². The lowest BCUT2D eigenvalue weighted by Crippen LogP contribution is -2.46. The van der Waals surface area contributed by atoms with Gasteiger partial charge in [0, 0.05) is 12.6 Å². The highest BCUT2D eigenvalue weighted by Gasteiger charge is 2.15. The van der Waals surface area contributed by atoms with Gasteiger partial charge in [0.1, 0.15) is 0 Å². The average Bonchev–Trinajstić information content (AvgIpc) is 2.44. The van der Waals surface area contributed by atoms with E-state index in [2.05, 4.69) is 17.6 Å². The molecule has 1 fully saturated rings. The zero-order valence-corrected chi connectivity index (χ0v) is 12.7. The highest BCUT2D eigenvalue weighted by molar-refractivity contribution is 5.81. The minimum atomic E-state index is -0.149. The highest BCUT2D eigenvalue weighted by Crippen LogP contribution is 2.19. The first-order valence-electron chi connectivity index (χ1n) is 7.78. The van der Waals surface area contributed by atoms with Gasteiger partial charge in [-0.1, -0.05) is 26.2 Å². The smallest absolute Gasteiger partial charge is 0.237 e. The second kappa shape index (κ2) is 9.32. The summed E-state index contributed by atoms with van der Waals surface area (Å²) < 4.78 is 5.82. The van der Waals surface area contributed by atoms with E-state index < -0.39 is 0 Å². The molecule has 0 aromatic heterocycles. The lowest BCUT2D eigenvalue weighted by atomic mass is 9.98. The van der Waals surface area contributed by atoms with Crippen LogP contribution in [0.25, 0.3) is 0 Å². The summed E-state index contributed by atoms with van der Waals surface area (Å²) in [4.78, 5) is 11.8. The molecule has 0 aliphatic heterocycles. The monoisotopic (exact) mass is 270 g/mol. The fraction of sp³-hybridized carbons (Fsp3) is 0.933. The zero-order chi connectivity index (χ0) is 14.1. The fourth-order valence-corrected chi connectivity index (χ4v) is 2.30. The van der Waals surface area contributed by atoms with Gasteiger partial charge in [-0.15, -0.1) is 0 Å². The predicted octanol–water partition coefficient (Wildman–Crippen LogP) is 2.23. The molecule has 0 aromatic carbocycles. The summed E-state index contributed by atoms with van der Waals surface area (Å²) in [5.41, 5.74) is 0. The van der Waals surface area contributed by atoms with Crippen molar-refractivity contribution in [2.75, 3.05) is 13.2 Å². The molecule has 1 amide bonds. The molecule has 1 aliphatic carbocycles. The summed E-state index contributed by atoms with van der Waals surface area (Å²) in [6.07, 6.45) is 7.75. The van der Waals surface area contributed by atoms with E-state index in [-0.39, 0.29) is 18.0 Å². The first-order chi connectivity index (χ1) is 9.13. The van der Waals surface area contributed by atoms with E-state index in [9.17, 15) is 4.79 Å². The zero-order valence-electron chi connectivity index (χ0n) is 12.7. The topological polar surface area (TPSA) is 50.4 Å². The van der Waals surface area contributed by atoms with Crippen LogP contribution < -0.4 is 10.6 Å². The molecule has 2 atom stereocenters. The lowest BCUT2D eigenvalue weighted by molar-refractivity contribution is -0.123. The Hall–Kier alpha value is -0.610. The maximum Gasteiger partial charge on any atom is 0.237 e. The van der Waals surface area contributed by atoms with E-state index in [4.69, 9.17) is 4.74 Å². The second-order valence-electron chi connectivity index (χ2n) is 5.62. The Morgan fingerprint density at radius 1 is 1.26 bits per heavy atom. The van der Waals surface area contributed by atoms with Crippen LogP contribution in [0, 0.1) is 0 Å². The van der Waals surface area contributed by atoms with Crippen molar-refractivity contribution < 1.29 is 9.53 Å². The molecule has 1 rings (SSSR count). The van der Waals surface area contributed by atoms with Crippen molar-refractivity contribution in [1.29, 1.82) is 0 Å². The standard InChI is InChI=1S/C15H30N2O2/c1-4-12(2)17-15(18)13(3)16-10-11-19-14-8-6-5-7-9-14/h12-14,16H,4-11H2,1-3H3,(H,17,18). The predicted molar refractivity (Wildman–Crippen MR) is 78.2 cm³/mol. The van der Waals surface area contributed by atoms with Gasteiger partial charge in [0.2, 0.25) is 5.91 Å². The minimum absolute atomic E-state index is 0.0759. The van der Waals surface area contributed by atoms with Crippen LogP contribution >= 0.6 is 0 Å². The molecule has 2 unspecified atom stereocenters. The molecule has 19 heavy (non-hydrogen) atoms. The second-order valence-corrected chi connectivity index (χ2v) is 5.62. The van der Waals surface area contributed by atoms with Gasteiger partial charge in [0.25, 0.3) is 0 Å². The molecule has 0 spiro atoms. The van der Waals surface area contributed by atoms with E-state index in [1.807, 2.05) is 13.8 Å². The number of amides is 1. The molecule has 4 heteroatoms. The largest absolute Gasteiger partial charge is 0.377 e. The van der Waals surface area contributed by atoms with Crippen molar-refractivity contribution in [3.8, 4) is 0 Å². The molecular formula is C15H30N2O2. The van der Waals surface area contributed by atoms with Crippen molar-refractivity contribution in [1.82, 2.24) is 10.6 Å². The number of ether oxygens (including phenoxy) is 1. The van der Waals surface area contributed by atoms with Crippen LogP contribution in [-0.2, 0) is 9.53 Å². The molecule has 0 heterocycles. The summed E-state index contributed by atoms with van der Waals surface area (Å²) in [5.74, 6) is 0.0759. The van der Waals surface area contributed by atoms with E-state index >= 15 is 0 Å². The van der Waals surface area contributed by atoms with Crippen LogP contribution in [0.5, 0.6) is 0 Å². The Morgan fingerprint density at radius 3 is 2.58 bits per heavy atom. The van der Waals surface area contributed by atoms with Crippen LogP contribution in [0.1, 0.15) is 59.3 Å². The Labute approximate surface area is 117 Å². The minimum Gasteiger partial charge on any atom is -0.377 e. The van der Waals surface area contributed by atoms with Crippen molar-refractivity contribution in [3.05, 3.63) is 0 Å². The van der Waals surface area contributed by atoms with Gasteiger partial charge < -0.3 is 15.4 Å². The summed E-state index contributed by atoms with van der Waals surface area (Å²) in [6, 6.07) is 0.0965. The normalized spacial score (nSPS) is 19.9. The molecule has 0 radical (unpaired) electrons. The molecule has 1 saturated carbocycles. The lowest BCUT2D eigenvalue weighted by Gasteiger charge is -2.22. The van der Waals surface area contributed by atoms with Gasteiger partial charge in [-0.3, -0.25) is 4.79 Å². The number of hydrogen-bond acceptors (Lipinski definition) is 3. The molecule has 4 nitrogen and oxygen atoms in total. The molecule has 112 valence electrons. The third-order valence-electron chi connectivity index (χ3n) is 3.85. The Morgan fingerprint density at radius 2 is 1.95 bits per heavy atom. The molecular weight excluding hydrogens is 240 g/mol. The van der Waals surface area contributed by atoms with Gasteiger partial charge in [0.15, 0.2) is 0 Å². The van der Waals surface area contributed by atoms with Crippen molar-refractivity contribution in [3.63, 3.8) is 0 Å². The molecule has 2 N–H and O–H groups in total. The van der Waals surface area contributed by atoms with Crippen molar-refractivity contribution in [2.24, 2.45) is 0 Å². The number of carbonyl (C=O) groups is 1. The summed E-state index contributed by atoms with van der Waals surface area (Å²) >= 11 is 0. The first-order valence-corrected chi connectivity index (χ1v) is 7.78. The third-order valence-corrected chi connectivity index (χ3v) is 3.85. The van der Waals surface area contributed by atoms with E-state index in [0.717, 1.165) is 13.0 Å². The maximum atomic E-state index is 11.8. The summed E-state index contributed by atoms with van der Waals surface area (Å²) in [5, 5.41) is 6.19. The van der Waals surface area contributed by atoms with Crippen molar-refractivity contribution >= 4 is 5.91 Å². The Balaban J connectivity index is 2.05. The van der Waals surface area contributed by atoms with Gasteiger partial charge in [-0.2, -0.15) is 0 Å². The first kappa shape index (κ1) is 16.4. The van der Waals surface area contributed by atoms with Crippen molar-refractivity contribution in [2.45, 2.75) is 77.5 Å². The van der Waals surface area contributed by atoms with Crippen LogP contribution in [0.3, 0.4) is 0 Å². The Bertz CT molecular complexity index is 253. The molecule has 0 aromatic rings. The third kappa shape index (κ3) is 6.92. The van der Waals surface area contributed by atoms with Gasteiger partial charge >= 0.3 is 0 Å². The number of carbonyl (C=O) groups excluding carboxylic acids is 1. The Kier molecular flexibility index (Phi) is 8.07. The summed E-state index contributed by atoms with van der Waals surface area (Å²) in [6.45, 7) is 7.44. The van der Waals surface area contributed by atoms with Crippen LogP contribution in [0.2, 0.25) is 0 Å². The van der Waals surface area contributed by atoms with E-state index in [0.29, 0.717) is 12.7 Å². The number of hydrogen-bond donors (Lipinski definition) is 2. The summed E-state index contributed by atoms with van der Waals surface area (Å²) in [7, 11) is 0. The highest BCUT2D eigenvalue weighted by atomic mass is 16.5. The maximum absolute atomic E-state index is 11.8. The van der Waals surface area contributed by atoms with Gasteiger partial charge in [-0.25, -0.2) is 0 Å². The number of nitrogens with one attached hydrogen (secondary N) is 2. The number of rotatable bonds is 8. The van der Waals surface area contributed by atoms with Crippen LogP contribution in [0.15, 0.2) is 0 Å². The fourth-order valence-electron chi connectivity index (χ4n) is 2.30. The van der Waals surface area contributed by atoms with Gasteiger partial charge in [0.05, 0.1) is 18.8 Å². The molecule has 1 aliphatic rings. The van der Waals surface area contributed by atoms with Crippen LogP contribution in [-0.4, -0.2) is 37.2 Å². The van der Waals surface area contributed by atoms with E-state index in [1.165, 1.54) is 32.1 Å². The SMILES string of the molecule is CCC(C)NC(=O)C(C)NCCOC1CCCCC1. The quantitative estimate of drug-likeness (QED) is 0.665. The van der Waals surface area contributed by atoms with Gasteiger partial charge in [-0.05, 0) is 33.1 Å². The molecule has 0 saturated heterocycles. The van der Waals surface area contributed by atoms with E-state index in [1.54, 1.807) is 0 Å². The average molecular weight is 270 g/mol. The molecule has 0 bridgehead atoms.